The van der Waals surface area contributed by atoms with Crippen LogP contribution >= 0.6 is 11.6 Å². The molecule has 0 saturated heterocycles. The summed E-state index contributed by atoms with van der Waals surface area (Å²) in [5, 5.41) is 0.767. The van der Waals surface area contributed by atoms with E-state index in [1.165, 1.54) is 14.2 Å². The first kappa shape index (κ1) is 26.2. The molecule has 0 saturated carbocycles. The third-order valence-electron chi connectivity index (χ3n) is 6.29. The average Bonchev–Trinajstić information content (AvgIpc) is 3.23. The Morgan fingerprint density at radius 2 is 2.05 bits per heavy atom. The highest BCUT2D eigenvalue weighted by atomic mass is 35.5. The quantitative estimate of drug-likeness (QED) is 0.227. The van der Waals surface area contributed by atoms with Crippen LogP contribution in [0.5, 0.6) is 0 Å². The standard InChI is InChI=1S/C28H26ClN3O5/c1-4-5-9-25-31-27(29)24(16-34)32(25)14-17-10-11-22-20(12-17)21(28(35)37-3)13-23(30-22)19-8-6-7-18(15-33)26(19)36-2/h6-8,10-13,16,26H,4-5,9,14H2,1-3H3. The van der Waals surface area contributed by atoms with Crippen molar-refractivity contribution in [2.24, 2.45) is 0 Å². The number of fused-ring (bicyclic) bond motifs is 1. The molecule has 9 heteroatoms. The zero-order chi connectivity index (χ0) is 26.5. The summed E-state index contributed by atoms with van der Waals surface area (Å²) in [7, 11) is 2.81. The number of methoxy groups -OCH3 is 2. The zero-order valence-electron chi connectivity index (χ0n) is 20.8. The number of hydrogen-bond donors (Lipinski definition) is 0. The molecule has 2 heterocycles. The van der Waals surface area contributed by atoms with Gasteiger partial charge in [-0.05, 0) is 36.3 Å². The number of carbonyl (C=O) groups excluding carboxylic acids is 3. The van der Waals surface area contributed by atoms with Gasteiger partial charge >= 0.3 is 5.97 Å². The van der Waals surface area contributed by atoms with Crippen molar-refractivity contribution in [3.63, 3.8) is 0 Å². The van der Waals surface area contributed by atoms with E-state index in [0.717, 1.165) is 24.2 Å². The fraction of sp³-hybridized carbons (Fsp3) is 0.286. The van der Waals surface area contributed by atoms with Crippen LogP contribution in [0.2, 0.25) is 5.15 Å². The zero-order valence-corrected chi connectivity index (χ0v) is 21.5. The van der Waals surface area contributed by atoms with Gasteiger partial charge in [-0.15, -0.1) is 0 Å². The van der Waals surface area contributed by atoms with Crippen LogP contribution in [0.15, 0.2) is 48.1 Å². The molecule has 37 heavy (non-hydrogen) atoms. The second kappa shape index (κ2) is 11.5. The highest BCUT2D eigenvalue weighted by Crippen LogP contribution is 2.31. The summed E-state index contributed by atoms with van der Waals surface area (Å²) in [4.78, 5) is 45.1. The largest absolute Gasteiger partial charge is 0.465 e. The van der Waals surface area contributed by atoms with Crippen LogP contribution in [0, 0.1) is 0 Å². The van der Waals surface area contributed by atoms with Gasteiger partial charge in [0.05, 0.1) is 29.5 Å². The topological polar surface area (TPSA) is 100 Å². The SMILES string of the molecule is CCCCc1nc(Cl)c(C=O)n1Cc1ccc2nc(C3=CC=CC(=C=O)C3OC)cc(C(=O)OC)c2c1. The summed E-state index contributed by atoms with van der Waals surface area (Å²) in [6, 6.07) is 7.17. The molecule has 0 bridgehead atoms. The smallest absolute Gasteiger partial charge is 0.338 e. The van der Waals surface area contributed by atoms with E-state index in [4.69, 9.17) is 26.1 Å². The Bertz CT molecular complexity index is 1480. The second-order valence-corrected chi connectivity index (χ2v) is 8.92. The van der Waals surface area contributed by atoms with Gasteiger partial charge in [-0.1, -0.05) is 43.2 Å². The number of ether oxygens (including phenoxy) is 2. The van der Waals surface area contributed by atoms with Crippen LogP contribution < -0.4 is 0 Å². The molecule has 190 valence electrons. The number of aldehydes is 1. The van der Waals surface area contributed by atoms with E-state index >= 15 is 0 Å². The van der Waals surface area contributed by atoms with Gasteiger partial charge in [-0.25, -0.2) is 19.6 Å². The second-order valence-electron chi connectivity index (χ2n) is 8.56. The number of aromatic nitrogens is 3. The number of aryl methyl sites for hydroxylation is 1. The Labute approximate surface area is 219 Å². The molecule has 0 aliphatic heterocycles. The average molecular weight is 520 g/mol. The van der Waals surface area contributed by atoms with Crippen molar-refractivity contribution >= 4 is 46.3 Å². The van der Waals surface area contributed by atoms with Crippen molar-refractivity contribution in [2.45, 2.75) is 38.8 Å². The number of benzene rings is 1. The first-order chi connectivity index (χ1) is 17.9. The third kappa shape index (κ3) is 5.18. The molecule has 0 N–H and O–H groups in total. The van der Waals surface area contributed by atoms with E-state index in [-0.39, 0.29) is 5.15 Å². The van der Waals surface area contributed by atoms with Crippen molar-refractivity contribution in [3.8, 4) is 0 Å². The van der Waals surface area contributed by atoms with Gasteiger partial charge in [0.2, 0.25) is 0 Å². The Morgan fingerprint density at radius 1 is 1.24 bits per heavy atom. The van der Waals surface area contributed by atoms with E-state index in [9.17, 15) is 14.4 Å². The number of unbranched alkanes of at least 4 members (excludes halogenated alkanes) is 1. The van der Waals surface area contributed by atoms with Crippen molar-refractivity contribution in [3.05, 3.63) is 81.6 Å². The maximum absolute atomic E-state index is 12.8. The first-order valence-corrected chi connectivity index (χ1v) is 12.2. The van der Waals surface area contributed by atoms with Gasteiger partial charge in [0.25, 0.3) is 0 Å². The third-order valence-corrected chi connectivity index (χ3v) is 6.57. The monoisotopic (exact) mass is 519 g/mol. The number of imidazole rings is 1. The number of hydrogen-bond acceptors (Lipinski definition) is 7. The maximum Gasteiger partial charge on any atom is 0.338 e. The summed E-state index contributed by atoms with van der Waals surface area (Å²) < 4.78 is 12.4. The van der Waals surface area contributed by atoms with Crippen LogP contribution in [-0.4, -0.2) is 53.1 Å². The lowest BCUT2D eigenvalue weighted by atomic mass is 9.93. The summed E-state index contributed by atoms with van der Waals surface area (Å²) in [5.74, 6) is 2.11. The minimum absolute atomic E-state index is 0.176. The first-order valence-electron chi connectivity index (χ1n) is 11.8. The number of esters is 1. The molecule has 1 aliphatic rings. The van der Waals surface area contributed by atoms with E-state index in [0.29, 0.717) is 58.3 Å². The highest BCUT2D eigenvalue weighted by molar-refractivity contribution is 6.31. The van der Waals surface area contributed by atoms with Crippen molar-refractivity contribution < 1.29 is 23.9 Å². The van der Waals surface area contributed by atoms with Gasteiger partial charge in [-0.2, -0.15) is 0 Å². The predicted molar refractivity (Wildman–Crippen MR) is 141 cm³/mol. The Kier molecular flexibility index (Phi) is 8.14. The number of pyridine rings is 1. The molecule has 0 radical (unpaired) electrons. The molecule has 1 aromatic carbocycles. The molecule has 1 atom stereocenters. The van der Waals surface area contributed by atoms with Crippen LogP contribution in [0.4, 0.5) is 0 Å². The Morgan fingerprint density at radius 3 is 2.73 bits per heavy atom. The van der Waals surface area contributed by atoms with E-state index in [2.05, 4.69) is 11.9 Å². The summed E-state index contributed by atoms with van der Waals surface area (Å²) in [6.07, 6.45) is 7.77. The van der Waals surface area contributed by atoms with Gasteiger partial charge in [0, 0.05) is 31.0 Å². The molecular formula is C28H26ClN3O5. The van der Waals surface area contributed by atoms with Crippen LogP contribution in [0.1, 0.15) is 57.7 Å². The molecule has 0 spiro atoms. The molecule has 4 rings (SSSR count). The minimum Gasteiger partial charge on any atom is -0.465 e. The van der Waals surface area contributed by atoms with Gasteiger partial charge in [-0.3, -0.25) is 4.79 Å². The lowest BCUT2D eigenvalue weighted by molar-refractivity contribution is 0.0602. The lowest BCUT2D eigenvalue weighted by Gasteiger charge is -2.21. The molecule has 3 aromatic rings. The van der Waals surface area contributed by atoms with Crippen molar-refractivity contribution in [1.82, 2.24) is 14.5 Å². The van der Waals surface area contributed by atoms with Crippen molar-refractivity contribution in [2.75, 3.05) is 14.2 Å². The van der Waals surface area contributed by atoms with E-state index in [1.807, 2.05) is 24.1 Å². The fourth-order valence-electron chi connectivity index (χ4n) is 4.44. The predicted octanol–water partition coefficient (Wildman–Crippen LogP) is 4.80. The Balaban J connectivity index is 1.82. The fourth-order valence-corrected chi connectivity index (χ4v) is 4.68. The van der Waals surface area contributed by atoms with Crippen LogP contribution in [0.25, 0.3) is 16.5 Å². The van der Waals surface area contributed by atoms with Crippen molar-refractivity contribution in [1.29, 1.82) is 0 Å². The minimum atomic E-state index is -0.661. The highest BCUT2D eigenvalue weighted by Gasteiger charge is 2.25. The Hall–Kier alpha value is -3.84. The molecule has 0 amide bonds. The summed E-state index contributed by atoms with van der Waals surface area (Å²) >= 11 is 6.23. The molecule has 1 aliphatic carbocycles. The van der Waals surface area contributed by atoms with E-state index in [1.54, 1.807) is 28.9 Å². The number of nitrogens with zero attached hydrogens (tertiary/aromatic N) is 3. The molecule has 8 nitrogen and oxygen atoms in total. The summed E-state index contributed by atoms with van der Waals surface area (Å²) in [6.45, 7) is 2.43. The maximum atomic E-state index is 12.8. The normalized spacial score (nSPS) is 15.0. The van der Waals surface area contributed by atoms with Crippen LogP contribution in [0.3, 0.4) is 0 Å². The number of halogens is 1. The number of rotatable bonds is 9. The molecular weight excluding hydrogens is 494 g/mol. The lowest BCUT2D eigenvalue weighted by Crippen LogP contribution is -2.19. The van der Waals surface area contributed by atoms with E-state index < -0.39 is 12.1 Å². The molecule has 0 fully saturated rings. The van der Waals surface area contributed by atoms with Gasteiger partial charge in [0.1, 0.15) is 23.6 Å². The molecule has 1 unspecified atom stereocenters. The number of allylic oxidation sites excluding steroid dienone is 2. The van der Waals surface area contributed by atoms with Gasteiger partial charge in [0.15, 0.2) is 11.4 Å². The van der Waals surface area contributed by atoms with Gasteiger partial charge < -0.3 is 14.0 Å². The number of carbonyl (C=O) groups is 2. The van der Waals surface area contributed by atoms with Crippen LogP contribution in [-0.2, 0) is 27.2 Å². The molecule has 2 aromatic heterocycles. The summed E-state index contributed by atoms with van der Waals surface area (Å²) in [5.41, 5.74) is 3.48.